The van der Waals surface area contributed by atoms with Gasteiger partial charge >= 0.3 is 0 Å². The smallest absolute Gasteiger partial charge is 0.266 e. The number of amides is 1. The van der Waals surface area contributed by atoms with Crippen molar-refractivity contribution < 1.29 is 9.53 Å². The molecule has 0 saturated heterocycles. The quantitative estimate of drug-likeness (QED) is 0.225. The Morgan fingerprint density at radius 1 is 1.00 bits per heavy atom. The van der Waals surface area contributed by atoms with Gasteiger partial charge in [-0.3, -0.25) is 4.79 Å². The maximum Gasteiger partial charge on any atom is 0.266 e. The highest BCUT2D eigenvalue weighted by molar-refractivity contribution is 6.31. The number of rotatable bonds is 6. The molecule has 34 heavy (non-hydrogen) atoms. The molecule has 168 valence electrons. The summed E-state index contributed by atoms with van der Waals surface area (Å²) >= 11 is 12.0. The molecular weight excluding hydrogens is 467 g/mol. The molecule has 0 heterocycles. The topological polar surface area (TPSA) is 62.1 Å². The summed E-state index contributed by atoms with van der Waals surface area (Å²) in [6, 6.07) is 26.2. The van der Waals surface area contributed by atoms with E-state index >= 15 is 0 Å². The second-order valence-electron chi connectivity index (χ2n) is 7.70. The molecule has 4 aromatic carbocycles. The van der Waals surface area contributed by atoms with Gasteiger partial charge in [0.05, 0.1) is 0 Å². The molecule has 0 aromatic heterocycles. The highest BCUT2D eigenvalue weighted by atomic mass is 35.5. The lowest BCUT2D eigenvalue weighted by Crippen LogP contribution is -2.14. The number of nitrogens with zero attached hydrogens (tertiary/aromatic N) is 1. The largest absolute Gasteiger partial charge is 0.488 e. The van der Waals surface area contributed by atoms with Gasteiger partial charge in [0.15, 0.2) is 0 Å². The van der Waals surface area contributed by atoms with Crippen molar-refractivity contribution in [1.82, 2.24) is 0 Å². The van der Waals surface area contributed by atoms with E-state index in [4.69, 9.17) is 27.9 Å². The van der Waals surface area contributed by atoms with Crippen molar-refractivity contribution >= 4 is 51.6 Å². The van der Waals surface area contributed by atoms with Gasteiger partial charge in [-0.15, -0.1) is 0 Å². The van der Waals surface area contributed by atoms with Gasteiger partial charge in [0.2, 0.25) is 0 Å². The molecule has 0 fully saturated rings. The van der Waals surface area contributed by atoms with Crippen LogP contribution in [-0.4, -0.2) is 5.91 Å². The highest BCUT2D eigenvalue weighted by Crippen LogP contribution is 2.31. The Morgan fingerprint density at radius 3 is 2.50 bits per heavy atom. The summed E-state index contributed by atoms with van der Waals surface area (Å²) in [5.41, 5.74) is 2.94. The maximum atomic E-state index is 13.0. The average Bonchev–Trinajstić information content (AvgIpc) is 2.84. The number of hydrogen-bond acceptors (Lipinski definition) is 3. The highest BCUT2D eigenvalue weighted by Gasteiger charge is 2.15. The molecule has 0 bridgehead atoms. The van der Waals surface area contributed by atoms with E-state index in [1.807, 2.05) is 61.5 Å². The molecule has 0 spiro atoms. The van der Waals surface area contributed by atoms with Crippen LogP contribution < -0.4 is 10.1 Å². The zero-order chi connectivity index (χ0) is 24.1. The van der Waals surface area contributed by atoms with Crippen molar-refractivity contribution in [3.05, 3.63) is 111 Å². The fraction of sp³-hybridized carbons (Fsp3) is 0.0714. The second kappa shape index (κ2) is 10.4. The van der Waals surface area contributed by atoms with Gasteiger partial charge in [-0.05, 0) is 65.2 Å². The van der Waals surface area contributed by atoms with Crippen LogP contribution in [0.4, 0.5) is 5.69 Å². The number of nitrogens with one attached hydrogen (secondary N) is 1. The standard InChI is InChI=1S/C28H20Cl2N2O2/c1-18-6-10-23(30)15-26(18)32-28(33)21(16-31)14-25-24-5-3-2-4-20(24)9-13-27(25)34-17-19-7-11-22(29)12-8-19/h2-15H,17H2,1H3,(H,32,33)/b21-14+. The molecule has 6 heteroatoms. The van der Waals surface area contributed by atoms with E-state index in [0.717, 1.165) is 21.9 Å². The van der Waals surface area contributed by atoms with Crippen molar-refractivity contribution in [3.63, 3.8) is 0 Å². The van der Waals surface area contributed by atoms with Gasteiger partial charge in [-0.2, -0.15) is 5.26 Å². The lowest BCUT2D eigenvalue weighted by molar-refractivity contribution is -0.112. The minimum Gasteiger partial charge on any atom is -0.488 e. The summed E-state index contributed by atoms with van der Waals surface area (Å²) in [6.45, 7) is 2.17. The van der Waals surface area contributed by atoms with Crippen LogP contribution >= 0.6 is 23.2 Å². The van der Waals surface area contributed by atoms with Crippen LogP contribution in [0.15, 0.2) is 84.4 Å². The third-order valence-electron chi connectivity index (χ3n) is 5.34. The summed E-state index contributed by atoms with van der Waals surface area (Å²) in [5, 5.41) is 15.6. The van der Waals surface area contributed by atoms with Crippen molar-refractivity contribution in [2.45, 2.75) is 13.5 Å². The van der Waals surface area contributed by atoms with Crippen molar-refractivity contribution in [1.29, 1.82) is 5.26 Å². The number of aryl methyl sites for hydroxylation is 1. The van der Waals surface area contributed by atoms with Crippen LogP contribution in [0.3, 0.4) is 0 Å². The normalized spacial score (nSPS) is 11.2. The van der Waals surface area contributed by atoms with Crippen LogP contribution in [0.2, 0.25) is 10.0 Å². The molecule has 0 aliphatic carbocycles. The first-order chi connectivity index (χ1) is 16.4. The molecule has 4 nitrogen and oxygen atoms in total. The molecule has 0 saturated carbocycles. The van der Waals surface area contributed by atoms with Crippen molar-refractivity contribution in [2.24, 2.45) is 0 Å². The summed E-state index contributed by atoms with van der Waals surface area (Å²) in [5.74, 6) is 0.0394. The number of fused-ring (bicyclic) bond motifs is 1. The van der Waals surface area contributed by atoms with E-state index in [2.05, 4.69) is 5.32 Å². The number of hydrogen-bond donors (Lipinski definition) is 1. The van der Waals surface area contributed by atoms with Gasteiger partial charge in [0, 0.05) is 21.3 Å². The first-order valence-electron chi connectivity index (χ1n) is 10.5. The number of anilines is 1. The lowest BCUT2D eigenvalue weighted by Gasteiger charge is -2.13. The Bertz CT molecular complexity index is 1440. The summed E-state index contributed by atoms with van der Waals surface area (Å²) in [4.78, 5) is 13.0. The van der Waals surface area contributed by atoms with Crippen molar-refractivity contribution in [3.8, 4) is 11.8 Å². The Balaban J connectivity index is 1.70. The van der Waals surface area contributed by atoms with Gasteiger partial charge < -0.3 is 10.1 Å². The van der Waals surface area contributed by atoms with E-state index in [9.17, 15) is 10.1 Å². The van der Waals surface area contributed by atoms with Crippen LogP contribution in [-0.2, 0) is 11.4 Å². The van der Waals surface area contributed by atoms with Crippen LogP contribution in [0, 0.1) is 18.3 Å². The molecule has 0 atom stereocenters. The zero-order valence-electron chi connectivity index (χ0n) is 18.3. The predicted molar refractivity (Wildman–Crippen MR) is 138 cm³/mol. The monoisotopic (exact) mass is 486 g/mol. The number of ether oxygens (including phenoxy) is 1. The Morgan fingerprint density at radius 2 is 1.74 bits per heavy atom. The molecule has 0 aliphatic heterocycles. The molecule has 1 N–H and O–H groups in total. The average molecular weight is 487 g/mol. The summed E-state index contributed by atoms with van der Waals surface area (Å²) < 4.78 is 6.10. The molecule has 4 rings (SSSR count). The number of benzene rings is 4. The molecular formula is C28H20Cl2N2O2. The SMILES string of the molecule is Cc1ccc(Cl)cc1NC(=O)/C(C#N)=C/c1c(OCc2ccc(Cl)cc2)ccc2ccccc12. The van der Waals surface area contributed by atoms with Crippen LogP contribution in [0.1, 0.15) is 16.7 Å². The first-order valence-corrected chi connectivity index (χ1v) is 11.3. The van der Waals surface area contributed by atoms with Crippen molar-refractivity contribution in [2.75, 3.05) is 5.32 Å². The fourth-order valence-corrected chi connectivity index (χ4v) is 3.80. The summed E-state index contributed by atoms with van der Waals surface area (Å²) in [7, 11) is 0. The van der Waals surface area contributed by atoms with Gasteiger partial charge in [-0.1, -0.05) is 71.7 Å². The van der Waals surface area contributed by atoms with Gasteiger partial charge in [0.25, 0.3) is 5.91 Å². The third kappa shape index (κ3) is 5.40. The number of halogens is 2. The van der Waals surface area contributed by atoms with E-state index in [1.165, 1.54) is 0 Å². The molecule has 1 amide bonds. The lowest BCUT2D eigenvalue weighted by atomic mass is 10.0. The molecule has 0 radical (unpaired) electrons. The van der Waals surface area contributed by atoms with E-state index in [0.29, 0.717) is 33.7 Å². The fourth-order valence-electron chi connectivity index (χ4n) is 3.50. The molecule has 4 aromatic rings. The zero-order valence-corrected chi connectivity index (χ0v) is 19.8. The predicted octanol–water partition coefficient (Wildman–Crippen LogP) is 7.58. The Kier molecular flexibility index (Phi) is 7.18. The van der Waals surface area contributed by atoms with Gasteiger partial charge in [0.1, 0.15) is 24.0 Å². The summed E-state index contributed by atoms with van der Waals surface area (Å²) in [6.07, 6.45) is 1.56. The third-order valence-corrected chi connectivity index (χ3v) is 5.83. The Hall–Kier alpha value is -3.78. The molecule has 0 aliphatic rings. The number of nitriles is 1. The minimum atomic E-state index is -0.524. The Labute approximate surface area is 208 Å². The van der Waals surface area contributed by atoms with E-state index < -0.39 is 5.91 Å². The number of carbonyl (C=O) groups is 1. The minimum absolute atomic E-state index is 0.0490. The van der Waals surface area contributed by atoms with E-state index in [-0.39, 0.29) is 5.57 Å². The maximum absolute atomic E-state index is 13.0. The van der Waals surface area contributed by atoms with E-state index in [1.54, 1.807) is 36.4 Å². The second-order valence-corrected chi connectivity index (χ2v) is 8.57. The van der Waals surface area contributed by atoms with Crippen LogP contribution in [0.5, 0.6) is 5.75 Å². The molecule has 0 unspecified atom stereocenters. The van der Waals surface area contributed by atoms with Gasteiger partial charge in [-0.25, -0.2) is 0 Å². The number of carbonyl (C=O) groups excluding carboxylic acids is 1. The van der Waals surface area contributed by atoms with Crippen LogP contribution in [0.25, 0.3) is 16.8 Å². The first kappa shape index (κ1) is 23.4.